The fraction of sp³-hybridized carbons (Fsp3) is 0.500. The van der Waals surface area contributed by atoms with E-state index in [9.17, 15) is 0 Å². The van der Waals surface area contributed by atoms with Crippen LogP contribution in [0.2, 0.25) is 0 Å². The molecule has 1 heterocycles. The number of para-hydroxylation sites is 1. The van der Waals surface area contributed by atoms with E-state index in [0.29, 0.717) is 25.6 Å². The Labute approximate surface area is 103 Å². The normalized spacial score (nSPS) is 24.6. The molecule has 0 atom stereocenters. The first-order valence-corrected chi connectivity index (χ1v) is 5.91. The van der Waals surface area contributed by atoms with Gasteiger partial charge in [-0.15, -0.1) is 0 Å². The maximum Gasteiger partial charge on any atom is 0.187 e. The molecule has 1 aliphatic heterocycles. The predicted octanol–water partition coefficient (Wildman–Crippen LogP) is 2.85. The average Bonchev–Trinajstić information content (AvgIpc) is 2.40. The molecular formula is C14H18O3. The molecule has 1 aromatic carbocycles. The van der Waals surface area contributed by atoms with E-state index in [1.54, 1.807) is 7.11 Å². The molecule has 2 rings (SSSR count). The van der Waals surface area contributed by atoms with Crippen molar-refractivity contribution in [2.24, 2.45) is 5.92 Å². The van der Waals surface area contributed by atoms with Gasteiger partial charge in [-0.25, -0.2) is 0 Å². The lowest BCUT2D eigenvalue weighted by Gasteiger charge is -2.30. The van der Waals surface area contributed by atoms with E-state index in [1.165, 1.54) is 0 Å². The zero-order chi connectivity index (χ0) is 12.1. The fourth-order valence-corrected chi connectivity index (χ4v) is 1.99. The molecule has 0 saturated carbocycles. The molecule has 92 valence electrons. The molecule has 1 aliphatic rings. The van der Waals surface area contributed by atoms with Gasteiger partial charge in [-0.05, 0) is 25.8 Å². The van der Waals surface area contributed by atoms with Crippen LogP contribution in [0.4, 0.5) is 0 Å². The van der Waals surface area contributed by atoms with Gasteiger partial charge in [-0.3, -0.25) is 0 Å². The quantitative estimate of drug-likeness (QED) is 0.801. The van der Waals surface area contributed by atoms with Crippen molar-refractivity contribution in [1.29, 1.82) is 0 Å². The standard InChI is InChI=1S/C14H18O3/c1-3-6-11-9-16-14(17-10-11)12-7-4-5-8-13(12)15-2/h1,4-5,7-8,11,14H,3,6,9-10H2,2H3. The summed E-state index contributed by atoms with van der Waals surface area (Å²) in [4.78, 5) is 0. The Kier molecular flexibility index (Phi) is 4.40. The maximum atomic E-state index is 5.71. The Hall–Kier alpha value is -1.06. The molecule has 0 bridgehead atoms. The maximum absolute atomic E-state index is 5.71. The Morgan fingerprint density at radius 3 is 2.65 bits per heavy atom. The number of hydrogen-bond donors (Lipinski definition) is 0. The Morgan fingerprint density at radius 2 is 2.00 bits per heavy atom. The lowest BCUT2D eigenvalue weighted by atomic mass is 10.1. The molecule has 0 unspecified atom stereocenters. The molecule has 3 nitrogen and oxygen atoms in total. The highest BCUT2D eigenvalue weighted by Gasteiger charge is 2.24. The first-order valence-electron chi connectivity index (χ1n) is 5.91. The molecule has 1 fully saturated rings. The van der Waals surface area contributed by atoms with Crippen LogP contribution in [0.25, 0.3) is 0 Å². The topological polar surface area (TPSA) is 27.7 Å². The van der Waals surface area contributed by atoms with E-state index in [4.69, 9.17) is 21.1 Å². The Balaban J connectivity index is 2.00. The van der Waals surface area contributed by atoms with Gasteiger partial charge in [0.15, 0.2) is 6.29 Å². The highest BCUT2D eigenvalue weighted by atomic mass is 16.7. The van der Waals surface area contributed by atoms with E-state index in [-0.39, 0.29) is 6.29 Å². The highest BCUT2D eigenvalue weighted by molar-refractivity contribution is 5.34. The third-order valence-electron chi connectivity index (χ3n) is 2.93. The monoisotopic (exact) mass is 234 g/mol. The lowest BCUT2D eigenvalue weighted by Crippen LogP contribution is -2.27. The minimum atomic E-state index is -0.319. The van der Waals surface area contributed by atoms with E-state index in [1.807, 2.05) is 24.3 Å². The third kappa shape index (κ3) is 2.99. The van der Waals surface area contributed by atoms with Gasteiger partial charge in [0, 0.05) is 11.5 Å². The summed E-state index contributed by atoms with van der Waals surface area (Å²) in [5, 5.41) is 0. The van der Waals surface area contributed by atoms with Crippen molar-refractivity contribution in [2.45, 2.75) is 19.1 Å². The van der Waals surface area contributed by atoms with Crippen molar-refractivity contribution in [1.82, 2.24) is 0 Å². The second-order valence-corrected chi connectivity index (χ2v) is 4.18. The number of rotatable bonds is 4. The highest BCUT2D eigenvalue weighted by Crippen LogP contribution is 2.32. The lowest BCUT2D eigenvalue weighted by molar-refractivity contribution is -0.206. The number of hydrogen-bond acceptors (Lipinski definition) is 3. The third-order valence-corrected chi connectivity index (χ3v) is 2.93. The summed E-state index contributed by atoms with van der Waals surface area (Å²) >= 11 is 0. The first-order chi connectivity index (χ1) is 8.35. The van der Waals surface area contributed by atoms with Gasteiger partial charge in [0.1, 0.15) is 5.75 Å². The van der Waals surface area contributed by atoms with Gasteiger partial charge >= 0.3 is 0 Å². The second-order valence-electron chi connectivity index (χ2n) is 4.18. The number of benzene rings is 1. The van der Waals surface area contributed by atoms with Gasteiger partial charge in [0.05, 0.1) is 20.3 Å². The van der Waals surface area contributed by atoms with Gasteiger partial charge in [-0.1, -0.05) is 18.2 Å². The molecule has 17 heavy (non-hydrogen) atoms. The van der Waals surface area contributed by atoms with Gasteiger partial charge < -0.3 is 14.2 Å². The second kappa shape index (κ2) is 6.03. The minimum absolute atomic E-state index is 0.319. The molecular weight excluding hydrogens is 216 g/mol. The molecule has 2 radical (unpaired) electrons. The van der Waals surface area contributed by atoms with Crippen LogP contribution in [0.3, 0.4) is 0 Å². The molecule has 3 heteroatoms. The van der Waals surface area contributed by atoms with Crippen LogP contribution in [0.1, 0.15) is 24.7 Å². The molecule has 0 N–H and O–H groups in total. The summed E-state index contributed by atoms with van der Waals surface area (Å²) < 4.78 is 16.7. The average molecular weight is 234 g/mol. The molecule has 1 aromatic rings. The molecule has 0 aromatic heterocycles. The van der Waals surface area contributed by atoms with Gasteiger partial charge in [0.2, 0.25) is 0 Å². The Bertz CT molecular complexity index is 343. The molecule has 0 amide bonds. The van der Waals surface area contributed by atoms with E-state index < -0.39 is 0 Å². The summed E-state index contributed by atoms with van der Waals surface area (Å²) in [5.41, 5.74) is 0.946. The zero-order valence-electron chi connectivity index (χ0n) is 10.1. The van der Waals surface area contributed by atoms with Crippen molar-refractivity contribution >= 4 is 0 Å². The van der Waals surface area contributed by atoms with Crippen molar-refractivity contribution in [3.8, 4) is 5.75 Å². The number of ether oxygens (including phenoxy) is 3. The van der Waals surface area contributed by atoms with E-state index >= 15 is 0 Å². The molecule has 1 saturated heterocycles. The summed E-state index contributed by atoms with van der Waals surface area (Å²) in [7, 11) is 1.65. The largest absolute Gasteiger partial charge is 0.496 e. The van der Waals surface area contributed by atoms with Gasteiger partial charge in [-0.2, -0.15) is 0 Å². The van der Waals surface area contributed by atoms with E-state index in [0.717, 1.165) is 17.7 Å². The number of methoxy groups -OCH3 is 1. The SMILES string of the molecule is [CH]CCC1COC(c2ccccc2OC)OC1. The molecule has 0 aliphatic carbocycles. The smallest absolute Gasteiger partial charge is 0.187 e. The zero-order valence-corrected chi connectivity index (χ0v) is 10.1. The Morgan fingerprint density at radius 1 is 1.29 bits per heavy atom. The van der Waals surface area contributed by atoms with Crippen LogP contribution >= 0.6 is 0 Å². The van der Waals surface area contributed by atoms with Crippen LogP contribution < -0.4 is 4.74 Å². The van der Waals surface area contributed by atoms with E-state index in [2.05, 4.69) is 0 Å². The van der Waals surface area contributed by atoms with Crippen molar-refractivity contribution in [3.63, 3.8) is 0 Å². The summed E-state index contributed by atoms with van der Waals surface area (Å²) in [5.74, 6) is 1.21. The van der Waals surface area contributed by atoms with Crippen LogP contribution in [0.5, 0.6) is 5.75 Å². The van der Waals surface area contributed by atoms with Crippen molar-refractivity contribution in [3.05, 3.63) is 36.8 Å². The van der Waals surface area contributed by atoms with Crippen LogP contribution in [0, 0.1) is 12.8 Å². The van der Waals surface area contributed by atoms with Crippen LogP contribution in [-0.2, 0) is 9.47 Å². The minimum Gasteiger partial charge on any atom is -0.496 e. The predicted molar refractivity (Wildman–Crippen MR) is 64.7 cm³/mol. The first kappa shape index (κ1) is 12.4. The van der Waals surface area contributed by atoms with Crippen molar-refractivity contribution < 1.29 is 14.2 Å². The van der Waals surface area contributed by atoms with Crippen LogP contribution in [0.15, 0.2) is 24.3 Å². The van der Waals surface area contributed by atoms with Crippen molar-refractivity contribution in [2.75, 3.05) is 20.3 Å². The fourth-order valence-electron chi connectivity index (χ4n) is 1.99. The summed E-state index contributed by atoms with van der Waals surface area (Å²) in [6, 6.07) is 7.76. The summed E-state index contributed by atoms with van der Waals surface area (Å²) in [6.07, 6.45) is 1.30. The van der Waals surface area contributed by atoms with Gasteiger partial charge in [0.25, 0.3) is 0 Å². The summed E-state index contributed by atoms with van der Waals surface area (Å²) in [6.45, 7) is 6.91. The molecule has 0 spiro atoms. The van der Waals surface area contributed by atoms with Crippen LogP contribution in [-0.4, -0.2) is 20.3 Å².